The number of nitrogens with zero attached hydrogens (tertiary/aromatic N) is 4. The first-order chi connectivity index (χ1) is 19.3. The lowest BCUT2D eigenvalue weighted by atomic mass is 10.1. The Morgan fingerprint density at radius 3 is 2.48 bits per heavy atom. The van der Waals surface area contributed by atoms with Crippen LogP contribution in [0.25, 0.3) is 22.3 Å². The lowest BCUT2D eigenvalue weighted by Crippen LogP contribution is -2.20. The maximum Gasteiger partial charge on any atom is 0.343 e. The van der Waals surface area contributed by atoms with Gasteiger partial charge in [-0.1, -0.05) is 35.9 Å². The van der Waals surface area contributed by atoms with E-state index in [1.54, 1.807) is 30.3 Å². The van der Waals surface area contributed by atoms with Crippen molar-refractivity contribution in [2.24, 2.45) is 5.10 Å². The number of nitro benzene ring substituents is 1. The number of para-hydroxylation sites is 1. The number of methoxy groups -OCH3 is 1. The fourth-order valence-corrected chi connectivity index (χ4v) is 4.05. The summed E-state index contributed by atoms with van der Waals surface area (Å²) in [4.78, 5) is 41.0. The summed E-state index contributed by atoms with van der Waals surface area (Å²) in [7, 11) is 1.42. The van der Waals surface area contributed by atoms with Gasteiger partial charge in [-0.25, -0.2) is 9.78 Å². The minimum atomic E-state index is -0.703. The Morgan fingerprint density at radius 1 is 0.975 bits per heavy atom. The Morgan fingerprint density at radius 2 is 1.75 bits per heavy atom. The van der Waals surface area contributed by atoms with E-state index in [4.69, 9.17) is 14.5 Å². The van der Waals surface area contributed by atoms with E-state index in [9.17, 15) is 19.7 Å². The first kappa shape index (κ1) is 26.0. The molecule has 0 aliphatic heterocycles. The molecule has 0 unspecified atom stereocenters. The van der Waals surface area contributed by atoms with Gasteiger partial charge in [0.25, 0.3) is 11.2 Å². The largest absolute Gasteiger partial charge is 0.493 e. The number of hydrogen-bond acceptors (Lipinski definition) is 8. The molecule has 0 aliphatic carbocycles. The summed E-state index contributed by atoms with van der Waals surface area (Å²) in [5.74, 6) is 0.0885. The fourth-order valence-electron chi connectivity index (χ4n) is 4.05. The molecule has 0 fully saturated rings. The van der Waals surface area contributed by atoms with Crippen LogP contribution in [-0.2, 0) is 0 Å². The van der Waals surface area contributed by atoms with Gasteiger partial charge in [-0.05, 0) is 61.0 Å². The van der Waals surface area contributed by atoms with Crippen molar-refractivity contribution in [3.05, 3.63) is 128 Å². The fraction of sp³-hybridized carbons (Fsp3) is 0.0667. The van der Waals surface area contributed by atoms with Crippen LogP contribution >= 0.6 is 0 Å². The van der Waals surface area contributed by atoms with Crippen LogP contribution in [-0.4, -0.2) is 33.9 Å². The molecule has 0 N–H and O–H groups in total. The first-order valence-electron chi connectivity index (χ1n) is 12.1. The summed E-state index contributed by atoms with van der Waals surface area (Å²) in [5.41, 5.74) is 2.58. The van der Waals surface area contributed by atoms with E-state index >= 15 is 0 Å². The topological polar surface area (TPSA) is 126 Å². The molecule has 10 nitrogen and oxygen atoms in total. The van der Waals surface area contributed by atoms with Crippen molar-refractivity contribution < 1.29 is 19.2 Å². The number of rotatable bonds is 7. The molecule has 1 aromatic heterocycles. The molecule has 0 amide bonds. The highest BCUT2D eigenvalue weighted by Gasteiger charge is 2.16. The van der Waals surface area contributed by atoms with E-state index in [2.05, 4.69) is 5.10 Å². The van der Waals surface area contributed by atoms with E-state index in [0.717, 1.165) is 11.1 Å². The maximum absolute atomic E-state index is 13.4. The van der Waals surface area contributed by atoms with Crippen molar-refractivity contribution in [3.8, 4) is 22.9 Å². The third kappa shape index (κ3) is 5.32. The molecule has 4 aromatic carbocycles. The number of aryl methyl sites for hydroxylation is 1. The van der Waals surface area contributed by atoms with Crippen LogP contribution < -0.4 is 15.0 Å². The minimum absolute atomic E-state index is 0.135. The zero-order valence-corrected chi connectivity index (χ0v) is 21.5. The Kier molecular flexibility index (Phi) is 7.14. The number of hydrogen-bond donors (Lipinski definition) is 0. The highest BCUT2D eigenvalue weighted by molar-refractivity contribution is 5.92. The van der Waals surface area contributed by atoms with E-state index in [-0.39, 0.29) is 28.3 Å². The molecule has 0 bridgehead atoms. The van der Waals surface area contributed by atoms with E-state index in [0.29, 0.717) is 22.3 Å². The Labute approximate surface area is 227 Å². The molecule has 198 valence electrons. The van der Waals surface area contributed by atoms with Crippen molar-refractivity contribution in [1.82, 2.24) is 9.66 Å². The normalized spacial score (nSPS) is 11.1. The molecule has 5 aromatic rings. The van der Waals surface area contributed by atoms with E-state index < -0.39 is 10.9 Å². The van der Waals surface area contributed by atoms with Crippen molar-refractivity contribution in [1.29, 1.82) is 0 Å². The van der Waals surface area contributed by atoms with E-state index in [1.807, 2.05) is 37.3 Å². The summed E-state index contributed by atoms with van der Waals surface area (Å²) in [6.07, 6.45) is 1.49. The predicted molar refractivity (Wildman–Crippen MR) is 150 cm³/mol. The Balaban J connectivity index is 1.47. The first-order valence-corrected chi connectivity index (χ1v) is 12.1. The lowest BCUT2D eigenvalue weighted by molar-refractivity contribution is -0.384. The predicted octanol–water partition coefficient (Wildman–Crippen LogP) is 5.39. The highest BCUT2D eigenvalue weighted by atomic mass is 16.6. The number of ether oxygens (including phenoxy) is 2. The van der Waals surface area contributed by atoms with Gasteiger partial charge in [0.1, 0.15) is 0 Å². The number of non-ortho nitro benzene ring substituents is 1. The van der Waals surface area contributed by atoms with Gasteiger partial charge in [0, 0.05) is 17.7 Å². The second-order valence-corrected chi connectivity index (χ2v) is 8.79. The van der Waals surface area contributed by atoms with Crippen LogP contribution in [0, 0.1) is 17.0 Å². The monoisotopic (exact) mass is 534 g/mol. The molecule has 0 aliphatic rings. The van der Waals surface area contributed by atoms with Crippen molar-refractivity contribution >= 4 is 28.8 Å². The summed E-state index contributed by atoms with van der Waals surface area (Å²) in [6.45, 7) is 1.96. The molecule has 1 heterocycles. The quantitative estimate of drug-likeness (QED) is 0.0901. The number of esters is 1. The van der Waals surface area contributed by atoms with Gasteiger partial charge in [0.2, 0.25) is 0 Å². The summed E-state index contributed by atoms with van der Waals surface area (Å²) < 4.78 is 12.1. The highest BCUT2D eigenvalue weighted by Crippen LogP contribution is 2.29. The second kappa shape index (κ2) is 11.0. The van der Waals surface area contributed by atoms with Gasteiger partial charge >= 0.3 is 5.97 Å². The minimum Gasteiger partial charge on any atom is -0.493 e. The molecular formula is C30H22N4O6. The van der Waals surface area contributed by atoms with Crippen LogP contribution in [0.3, 0.4) is 0 Å². The molecule has 10 heteroatoms. The van der Waals surface area contributed by atoms with Gasteiger partial charge in [-0.15, -0.1) is 0 Å². The van der Waals surface area contributed by atoms with Gasteiger partial charge in [0.05, 0.1) is 34.7 Å². The van der Waals surface area contributed by atoms with Gasteiger partial charge < -0.3 is 9.47 Å². The summed E-state index contributed by atoms with van der Waals surface area (Å²) in [5, 5.41) is 15.8. The number of carbonyl (C=O) groups excluding carboxylic acids is 1. The van der Waals surface area contributed by atoms with Crippen LogP contribution in [0.1, 0.15) is 21.5 Å². The number of benzene rings is 4. The Hall–Kier alpha value is -5.64. The average molecular weight is 535 g/mol. The zero-order valence-electron chi connectivity index (χ0n) is 21.5. The standard InChI is InChI=1S/C30H22N4O6/c1-19-6-5-7-22(16-19)28-32-25-9-4-3-8-24(25)29(35)33(28)31-18-20-10-15-26(27(17-20)39-2)40-30(36)21-11-13-23(14-12-21)34(37)38/h3-18H,1-2H3. The molecule has 5 rings (SSSR count). The van der Waals surface area contributed by atoms with E-state index in [1.165, 1.54) is 48.3 Å². The number of aromatic nitrogens is 2. The molecule has 0 saturated heterocycles. The molecule has 40 heavy (non-hydrogen) atoms. The summed E-state index contributed by atoms with van der Waals surface area (Å²) >= 11 is 0. The van der Waals surface area contributed by atoms with Crippen molar-refractivity contribution in [3.63, 3.8) is 0 Å². The van der Waals surface area contributed by atoms with Gasteiger partial charge in [-0.3, -0.25) is 14.9 Å². The maximum atomic E-state index is 13.4. The second-order valence-electron chi connectivity index (χ2n) is 8.79. The third-order valence-corrected chi connectivity index (χ3v) is 6.06. The third-order valence-electron chi connectivity index (χ3n) is 6.06. The molecule has 0 spiro atoms. The van der Waals surface area contributed by atoms with Crippen LogP contribution in [0.15, 0.2) is 101 Å². The number of fused-ring (bicyclic) bond motifs is 1. The van der Waals surface area contributed by atoms with Crippen LogP contribution in [0.2, 0.25) is 0 Å². The van der Waals surface area contributed by atoms with Gasteiger partial charge in [-0.2, -0.15) is 9.78 Å². The molecule has 0 atom stereocenters. The number of carbonyl (C=O) groups is 1. The average Bonchev–Trinajstić information content (AvgIpc) is 2.97. The Bertz CT molecular complexity index is 1840. The smallest absolute Gasteiger partial charge is 0.343 e. The van der Waals surface area contributed by atoms with Crippen LogP contribution in [0.5, 0.6) is 11.5 Å². The van der Waals surface area contributed by atoms with Gasteiger partial charge in [0.15, 0.2) is 17.3 Å². The number of nitro groups is 1. The lowest BCUT2D eigenvalue weighted by Gasteiger charge is -2.11. The van der Waals surface area contributed by atoms with Crippen LogP contribution in [0.4, 0.5) is 5.69 Å². The summed E-state index contributed by atoms with van der Waals surface area (Å²) in [6, 6.07) is 24.6. The molecule has 0 saturated carbocycles. The van der Waals surface area contributed by atoms with Crippen molar-refractivity contribution in [2.45, 2.75) is 6.92 Å². The molecular weight excluding hydrogens is 512 g/mol. The zero-order chi connectivity index (χ0) is 28.2. The molecule has 0 radical (unpaired) electrons. The van der Waals surface area contributed by atoms with Crippen molar-refractivity contribution in [2.75, 3.05) is 7.11 Å². The SMILES string of the molecule is COc1cc(C=Nn2c(-c3cccc(C)c3)nc3ccccc3c2=O)ccc1OC(=O)c1ccc([N+](=O)[O-])cc1.